The second-order valence-electron chi connectivity index (χ2n) is 5.93. The normalized spacial score (nSPS) is 32.6. The lowest BCUT2D eigenvalue weighted by atomic mass is 9.67. The zero-order valence-electron chi connectivity index (χ0n) is 12.5. The van der Waals surface area contributed by atoms with Crippen LogP contribution in [0, 0.1) is 5.41 Å². The molecule has 0 aromatic rings. The molecule has 0 bridgehead atoms. The monoisotopic (exact) mass is 358 g/mol. The molecule has 7 heteroatoms. The summed E-state index contributed by atoms with van der Waals surface area (Å²) in [5, 5.41) is 7.88. The third-order valence-electron chi connectivity index (χ3n) is 4.53. The lowest BCUT2D eigenvalue weighted by Crippen LogP contribution is -2.45. The van der Waals surface area contributed by atoms with E-state index in [0.29, 0.717) is 30.6 Å². The van der Waals surface area contributed by atoms with Crippen molar-refractivity contribution in [2.45, 2.75) is 44.1 Å². The number of rotatable bonds is 3. The Kier molecular flexibility index (Phi) is 3.97. The summed E-state index contributed by atoms with van der Waals surface area (Å²) >= 11 is 13.2. The van der Waals surface area contributed by atoms with Gasteiger partial charge in [-0.15, -0.1) is 0 Å². The number of ketones is 1. The van der Waals surface area contributed by atoms with Gasteiger partial charge >= 0.3 is 6.16 Å². The van der Waals surface area contributed by atoms with Crippen LogP contribution in [0.15, 0.2) is 34.3 Å². The number of carbonyl (C=O) groups excluding carboxylic acids is 1. The molecule has 0 aromatic heterocycles. The minimum Gasteiger partial charge on any atom is -0.474 e. The lowest BCUT2D eigenvalue weighted by Gasteiger charge is -2.41. The standard InChI is InChI=1S/C16H16Cl2O5/c1-2-6-15-7-5-9(19)8-16(15,18)23-10-3-4-11(22-14(20)21)13(17)12(10)15/h5,7H,2-4,6,8H2,1H3,(H,20,21). The number of hydrogen-bond donors (Lipinski definition) is 1. The van der Waals surface area contributed by atoms with Gasteiger partial charge in [0.15, 0.2) is 5.78 Å². The van der Waals surface area contributed by atoms with Crippen LogP contribution in [0.1, 0.15) is 39.0 Å². The van der Waals surface area contributed by atoms with Gasteiger partial charge in [0.1, 0.15) is 11.5 Å². The summed E-state index contributed by atoms with van der Waals surface area (Å²) in [6.45, 7) is 2.00. The average Bonchev–Trinajstić information content (AvgIpc) is 2.71. The molecular weight excluding hydrogens is 343 g/mol. The molecule has 124 valence electrons. The molecule has 1 aliphatic heterocycles. The van der Waals surface area contributed by atoms with E-state index in [0.717, 1.165) is 6.42 Å². The van der Waals surface area contributed by atoms with Crippen molar-refractivity contribution in [3.8, 4) is 0 Å². The Bertz CT molecular complexity index is 678. The number of alkyl halides is 1. The van der Waals surface area contributed by atoms with Gasteiger partial charge in [0.25, 0.3) is 0 Å². The summed E-state index contributed by atoms with van der Waals surface area (Å²) in [4.78, 5) is 22.7. The molecule has 1 N–H and O–H groups in total. The number of carbonyl (C=O) groups is 2. The van der Waals surface area contributed by atoms with Crippen LogP contribution in [0.5, 0.6) is 0 Å². The Morgan fingerprint density at radius 2 is 2.22 bits per heavy atom. The van der Waals surface area contributed by atoms with Gasteiger partial charge < -0.3 is 14.6 Å². The molecule has 3 rings (SSSR count). The number of halogens is 2. The Balaban J connectivity index is 2.14. The van der Waals surface area contributed by atoms with E-state index in [9.17, 15) is 9.59 Å². The molecule has 2 aliphatic carbocycles. The van der Waals surface area contributed by atoms with Crippen LogP contribution in [-0.2, 0) is 14.3 Å². The summed E-state index contributed by atoms with van der Waals surface area (Å²) < 4.78 is 10.8. The van der Waals surface area contributed by atoms with Crippen molar-refractivity contribution in [1.29, 1.82) is 0 Å². The number of ether oxygens (including phenoxy) is 2. The maximum atomic E-state index is 11.8. The smallest absolute Gasteiger partial charge is 0.474 e. The van der Waals surface area contributed by atoms with E-state index in [1.807, 2.05) is 6.92 Å². The second-order valence-corrected chi connectivity index (χ2v) is 6.92. The summed E-state index contributed by atoms with van der Waals surface area (Å²) in [5.41, 5.74) is -0.0979. The Morgan fingerprint density at radius 1 is 1.48 bits per heavy atom. The molecule has 0 spiro atoms. The van der Waals surface area contributed by atoms with E-state index in [-0.39, 0.29) is 23.0 Å². The van der Waals surface area contributed by atoms with E-state index in [1.165, 1.54) is 6.08 Å². The van der Waals surface area contributed by atoms with Crippen molar-refractivity contribution in [2.24, 2.45) is 5.41 Å². The molecule has 2 atom stereocenters. The summed E-state index contributed by atoms with van der Waals surface area (Å²) in [6, 6.07) is 0. The number of carboxylic acid groups (broad SMARTS) is 1. The molecule has 5 nitrogen and oxygen atoms in total. The predicted octanol–water partition coefficient (Wildman–Crippen LogP) is 4.46. The van der Waals surface area contributed by atoms with Crippen molar-refractivity contribution < 1.29 is 24.2 Å². The van der Waals surface area contributed by atoms with Gasteiger partial charge in [-0.25, -0.2) is 4.79 Å². The van der Waals surface area contributed by atoms with Crippen molar-refractivity contribution in [1.82, 2.24) is 0 Å². The highest BCUT2D eigenvalue weighted by atomic mass is 35.5. The summed E-state index contributed by atoms with van der Waals surface area (Å²) in [6.07, 6.45) is 4.10. The van der Waals surface area contributed by atoms with Crippen molar-refractivity contribution in [3.63, 3.8) is 0 Å². The van der Waals surface area contributed by atoms with E-state index in [2.05, 4.69) is 0 Å². The molecule has 23 heavy (non-hydrogen) atoms. The maximum absolute atomic E-state index is 11.8. The van der Waals surface area contributed by atoms with Crippen LogP contribution in [0.4, 0.5) is 4.79 Å². The molecule has 3 aliphatic rings. The first kappa shape index (κ1) is 16.4. The van der Waals surface area contributed by atoms with Crippen molar-refractivity contribution in [2.75, 3.05) is 0 Å². The minimum absolute atomic E-state index is 0.0529. The minimum atomic E-state index is -1.41. The summed E-state index contributed by atoms with van der Waals surface area (Å²) in [5.74, 6) is 0.715. The van der Waals surface area contributed by atoms with Crippen LogP contribution in [0.2, 0.25) is 0 Å². The molecule has 0 aromatic carbocycles. The molecule has 0 saturated carbocycles. The lowest BCUT2D eigenvalue weighted by molar-refractivity contribution is -0.120. The first-order valence-electron chi connectivity index (χ1n) is 7.46. The molecule has 0 saturated heterocycles. The van der Waals surface area contributed by atoms with Gasteiger partial charge in [0.05, 0.1) is 16.9 Å². The van der Waals surface area contributed by atoms with E-state index in [1.54, 1.807) is 6.08 Å². The first-order valence-corrected chi connectivity index (χ1v) is 8.22. The molecular formula is C16H16Cl2O5. The fraction of sp³-hybridized carbons (Fsp3) is 0.500. The number of fused-ring (bicyclic) bond motifs is 2. The number of hydrogen-bond acceptors (Lipinski definition) is 4. The van der Waals surface area contributed by atoms with E-state index >= 15 is 0 Å². The third kappa shape index (κ3) is 2.37. The zero-order chi connectivity index (χ0) is 16.8. The Labute approximate surface area is 143 Å². The van der Waals surface area contributed by atoms with Gasteiger partial charge in [-0.2, -0.15) is 0 Å². The van der Waals surface area contributed by atoms with Crippen molar-refractivity contribution in [3.05, 3.63) is 34.3 Å². The highest BCUT2D eigenvalue weighted by Crippen LogP contribution is 2.63. The largest absolute Gasteiger partial charge is 0.511 e. The van der Waals surface area contributed by atoms with E-state index in [4.69, 9.17) is 37.8 Å². The number of allylic oxidation sites excluding steroid dienone is 4. The molecule has 1 heterocycles. The third-order valence-corrected chi connectivity index (χ3v) is 5.48. The zero-order valence-corrected chi connectivity index (χ0v) is 14.0. The van der Waals surface area contributed by atoms with Crippen LogP contribution in [0.3, 0.4) is 0 Å². The van der Waals surface area contributed by atoms with Gasteiger partial charge in [-0.05, 0) is 12.5 Å². The van der Waals surface area contributed by atoms with Crippen LogP contribution in [0.25, 0.3) is 0 Å². The second kappa shape index (κ2) is 5.56. The highest BCUT2D eigenvalue weighted by Gasteiger charge is 2.62. The maximum Gasteiger partial charge on any atom is 0.511 e. The highest BCUT2D eigenvalue weighted by molar-refractivity contribution is 6.33. The van der Waals surface area contributed by atoms with Gasteiger partial charge in [-0.1, -0.05) is 42.6 Å². The van der Waals surface area contributed by atoms with Crippen LogP contribution in [-0.4, -0.2) is 22.1 Å². The van der Waals surface area contributed by atoms with Gasteiger partial charge in [-0.3, -0.25) is 4.79 Å². The Hall–Kier alpha value is -1.46. The van der Waals surface area contributed by atoms with Crippen LogP contribution < -0.4 is 0 Å². The fourth-order valence-electron chi connectivity index (χ4n) is 3.65. The quantitative estimate of drug-likeness (QED) is 0.595. The average molecular weight is 359 g/mol. The fourth-order valence-corrected chi connectivity index (χ4v) is 4.54. The predicted molar refractivity (Wildman–Crippen MR) is 84.0 cm³/mol. The van der Waals surface area contributed by atoms with Crippen molar-refractivity contribution >= 4 is 35.1 Å². The Morgan fingerprint density at radius 3 is 2.87 bits per heavy atom. The molecule has 0 fully saturated rings. The summed E-state index contributed by atoms with van der Waals surface area (Å²) in [7, 11) is 0. The first-order chi connectivity index (χ1) is 10.8. The molecule has 0 radical (unpaired) electrons. The van der Waals surface area contributed by atoms with Gasteiger partial charge in [0, 0.05) is 18.4 Å². The van der Waals surface area contributed by atoms with Crippen LogP contribution >= 0.6 is 23.2 Å². The molecule has 2 unspecified atom stereocenters. The molecule has 0 amide bonds. The topological polar surface area (TPSA) is 72.8 Å². The van der Waals surface area contributed by atoms with E-state index < -0.39 is 16.6 Å². The van der Waals surface area contributed by atoms with Gasteiger partial charge in [0.2, 0.25) is 5.06 Å². The SMILES string of the molecule is CCCC12C=CC(=O)CC1(Cl)OC1=C2C(Cl)=C(OC(=O)O)CC1.